The van der Waals surface area contributed by atoms with Crippen LogP contribution in [0, 0.1) is 0 Å². The normalized spacial score (nSPS) is 46.4. The molecule has 5 nitrogen and oxygen atoms in total. The smallest absolute Gasteiger partial charge is 0.184 e. The van der Waals surface area contributed by atoms with Crippen LogP contribution in [0.2, 0.25) is 0 Å². The molecule has 1 fully saturated rings. The maximum absolute atomic E-state index is 9.74. The van der Waals surface area contributed by atoms with Crippen LogP contribution in [0.25, 0.3) is 0 Å². The SMILES string of the molecule is CN[C@@H]1C(C)O[C@@H](O)[C@@H](OC)C1O. The second-order valence-electron chi connectivity index (χ2n) is 3.24. The van der Waals surface area contributed by atoms with Crippen LogP contribution >= 0.6 is 0 Å². The Bertz CT molecular complexity index is 150. The molecule has 0 bridgehead atoms. The molecule has 1 aliphatic heterocycles. The molecule has 1 heterocycles. The maximum atomic E-state index is 9.74. The Labute approximate surface area is 77.7 Å². The number of ether oxygens (including phenoxy) is 2. The van der Waals surface area contributed by atoms with Gasteiger partial charge in [-0.25, -0.2) is 0 Å². The number of aliphatic hydroxyl groups excluding tert-OH is 2. The number of hydrogen-bond acceptors (Lipinski definition) is 5. The molecule has 2 unspecified atom stereocenters. The number of methoxy groups -OCH3 is 1. The first-order valence-electron chi connectivity index (χ1n) is 4.33. The Hall–Kier alpha value is -0.200. The van der Waals surface area contributed by atoms with Gasteiger partial charge in [0, 0.05) is 7.11 Å². The van der Waals surface area contributed by atoms with Crippen molar-refractivity contribution in [2.24, 2.45) is 0 Å². The zero-order valence-electron chi connectivity index (χ0n) is 8.10. The van der Waals surface area contributed by atoms with E-state index >= 15 is 0 Å². The monoisotopic (exact) mass is 191 g/mol. The summed E-state index contributed by atoms with van der Waals surface area (Å²) in [7, 11) is 3.17. The zero-order valence-corrected chi connectivity index (χ0v) is 8.10. The van der Waals surface area contributed by atoms with Gasteiger partial charge in [-0.3, -0.25) is 0 Å². The van der Waals surface area contributed by atoms with Crippen molar-refractivity contribution < 1.29 is 19.7 Å². The first-order valence-corrected chi connectivity index (χ1v) is 4.33. The standard InChI is InChI=1S/C8H17NO4/c1-4-5(9-2)6(10)7(12-3)8(11)13-4/h4-11H,1-3H3/t4?,5-,6?,7+,8-/m1/s1. The molecule has 1 saturated heterocycles. The predicted octanol–water partition coefficient (Wildman–Crippen LogP) is -1.31. The van der Waals surface area contributed by atoms with E-state index in [1.165, 1.54) is 7.11 Å². The molecule has 0 aliphatic carbocycles. The fourth-order valence-electron chi connectivity index (χ4n) is 1.69. The molecule has 0 aromatic heterocycles. The van der Waals surface area contributed by atoms with Crippen LogP contribution in [0.15, 0.2) is 0 Å². The van der Waals surface area contributed by atoms with Gasteiger partial charge >= 0.3 is 0 Å². The number of rotatable bonds is 2. The predicted molar refractivity (Wildman–Crippen MR) is 46.2 cm³/mol. The molecule has 3 N–H and O–H groups in total. The van der Waals surface area contributed by atoms with Crippen molar-refractivity contribution in [2.45, 2.75) is 37.6 Å². The minimum absolute atomic E-state index is 0.214. The summed E-state index contributed by atoms with van der Waals surface area (Å²) < 4.78 is 10.1. The van der Waals surface area contributed by atoms with Gasteiger partial charge in [-0.15, -0.1) is 0 Å². The fourth-order valence-corrected chi connectivity index (χ4v) is 1.69. The molecule has 5 heteroatoms. The van der Waals surface area contributed by atoms with E-state index in [0.717, 1.165) is 0 Å². The summed E-state index contributed by atoms with van der Waals surface area (Å²) in [6.45, 7) is 1.79. The minimum atomic E-state index is -1.06. The van der Waals surface area contributed by atoms with Crippen molar-refractivity contribution in [3.05, 3.63) is 0 Å². The van der Waals surface area contributed by atoms with Crippen molar-refractivity contribution >= 4 is 0 Å². The Kier molecular flexibility index (Phi) is 3.63. The van der Waals surface area contributed by atoms with Crippen molar-refractivity contribution in [1.29, 1.82) is 0 Å². The van der Waals surface area contributed by atoms with Gasteiger partial charge in [-0.05, 0) is 14.0 Å². The third-order valence-corrected chi connectivity index (χ3v) is 2.45. The molecule has 13 heavy (non-hydrogen) atoms. The van der Waals surface area contributed by atoms with Gasteiger partial charge in [-0.2, -0.15) is 0 Å². The van der Waals surface area contributed by atoms with Crippen LogP contribution < -0.4 is 5.32 Å². The van der Waals surface area contributed by atoms with Gasteiger partial charge in [-0.1, -0.05) is 0 Å². The first kappa shape index (κ1) is 10.9. The molecule has 0 aromatic rings. The largest absolute Gasteiger partial charge is 0.388 e. The van der Waals surface area contributed by atoms with E-state index in [2.05, 4.69) is 5.32 Å². The van der Waals surface area contributed by atoms with Crippen LogP contribution in [-0.4, -0.2) is 55.0 Å². The highest BCUT2D eigenvalue weighted by Gasteiger charge is 2.42. The third-order valence-electron chi connectivity index (χ3n) is 2.45. The van der Waals surface area contributed by atoms with E-state index in [1.54, 1.807) is 14.0 Å². The summed E-state index contributed by atoms with van der Waals surface area (Å²) >= 11 is 0. The van der Waals surface area contributed by atoms with Crippen molar-refractivity contribution in [1.82, 2.24) is 5.32 Å². The lowest BCUT2D eigenvalue weighted by atomic mass is 9.97. The number of nitrogens with one attached hydrogen (secondary N) is 1. The second-order valence-corrected chi connectivity index (χ2v) is 3.24. The quantitative estimate of drug-likeness (QED) is 0.505. The van der Waals surface area contributed by atoms with Gasteiger partial charge in [0.15, 0.2) is 6.29 Å². The van der Waals surface area contributed by atoms with E-state index in [-0.39, 0.29) is 12.1 Å². The highest BCUT2D eigenvalue weighted by atomic mass is 16.6. The summed E-state index contributed by atoms with van der Waals surface area (Å²) in [6.07, 6.45) is -2.73. The van der Waals surface area contributed by atoms with Gasteiger partial charge < -0.3 is 25.0 Å². The van der Waals surface area contributed by atoms with E-state index < -0.39 is 18.5 Å². The average molecular weight is 191 g/mol. The van der Waals surface area contributed by atoms with Gasteiger partial charge in [0.05, 0.1) is 12.1 Å². The Morgan fingerprint density at radius 1 is 1.38 bits per heavy atom. The lowest BCUT2D eigenvalue weighted by Crippen LogP contribution is -2.61. The number of hydrogen-bond donors (Lipinski definition) is 3. The minimum Gasteiger partial charge on any atom is -0.388 e. The number of likely N-dealkylation sites (N-methyl/N-ethyl adjacent to an activating group) is 1. The van der Waals surface area contributed by atoms with E-state index in [9.17, 15) is 10.2 Å². The molecular weight excluding hydrogens is 174 g/mol. The summed E-state index contributed by atoms with van der Waals surface area (Å²) in [5, 5.41) is 22.1. The zero-order chi connectivity index (χ0) is 10.0. The van der Waals surface area contributed by atoms with E-state index in [4.69, 9.17) is 9.47 Å². The molecule has 0 spiro atoms. The third kappa shape index (κ3) is 2.00. The van der Waals surface area contributed by atoms with Crippen molar-refractivity contribution in [3.63, 3.8) is 0 Å². The first-order chi connectivity index (χ1) is 6.11. The van der Waals surface area contributed by atoms with Crippen LogP contribution in [-0.2, 0) is 9.47 Å². The second kappa shape index (κ2) is 4.34. The summed E-state index contributed by atoms with van der Waals surface area (Å²) in [5.74, 6) is 0. The highest BCUT2D eigenvalue weighted by molar-refractivity contribution is 4.91. The molecule has 0 saturated carbocycles. The molecule has 0 radical (unpaired) electrons. The Balaban J connectivity index is 2.69. The molecule has 1 rings (SSSR count). The molecule has 0 amide bonds. The number of aliphatic hydroxyl groups is 2. The Morgan fingerprint density at radius 2 is 2.00 bits per heavy atom. The molecule has 78 valence electrons. The van der Waals surface area contributed by atoms with Crippen LogP contribution in [0.5, 0.6) is 0 Å². The van der Waals surface area contributed by atoms with Crippen LogP contribution in [0.1, 0.15) is 6.92 Å². The lowest BCUT2D eigenvalue weighted by molar-refractivity contribution is -0.259. The lowest BCUT2D eigenvalue weighted by Gasteiger charge is -2.40. The topological polar surface area (TPSA) is 71.0 Å². The highest BCUT2D eigenvalue weighted by Crippen LogP contribution is 2.20. The van der Waals surface area contributed by atoms with Crippen molar-refractivity contribution in [2.75, 3.05) is 14.2 Å². The summed E-state index contributed by atoms with van der Waals surface area (Å²) in [6, 6.07) is -0.214. The van der Waals surface area contributed by atoms with E-state index in [1.807, 2.05) is 0 Å². The molecule has 1 aliphatic rings. The van der Waals surface area contributed by atoms with Gasteiger partial charge in [0.25, 0.3) is 0 Å². The molecule has 5 atom stereocenters. The summed E-state index contributed by atoms with van der Waals surface area (Å²) in [4.78, 5) is 0. The molecular formula is C8H17NO4. The van der Waals surface area contributed by atoms with Crippen LogP contribution in [0.3, 0.4) is 0 Å². The van der Waals surface area contributed by atoms with Crippen LogP contribution in [0.4, 0.5) is 0 Å². The Morgan fingerprint density at radius 3 is 2.46 bits per heavy atom. The maximum Gasteiger partial charge on any atom is 0.184 e. The fraction of sp³-hybridized carbons (Fsp3) is 1.00. The molecule has 0 aromatic carbocycles. The summed E-state index contributed by atoms with van der Waals surface area (Å²) in [5.41, 5.74) is 0. The van der Waals surface area contributed by atoms with Gasteiger partial charge in [0.1, 0.15) is 12.2 Å². The van der Waals surface area contributed by atoms with Crippen molar-refractivity contribution in [3.8, 4) is 0 Å². The average Bonchev–Trinajstić information content (AvgIpc) is 2.04. The van der Waals surface area contributed by atoms with E-state index in [0.29, 0.717) is 0 Å². The van der Waals surface area contributed by atoms with Gasteiger partial charge in [0.2, 0.25) is 0 Å².